The molecule has 234 valence electrons. The molecule has 2 aromatic heterocycles. The molecule has 0 amide bonds. The first-order valence-electron chi connectivity index (χ1n) is 12.4. The first-order chi connectivity index (χ1) is 20.0. The molecule has 1 aliphatic heterocycles. The van der Waals surface area contributed by atoms with Gasteiger partial charge in [0.1, 0.15) is 6.10 Å². The summed E-state index contributed by atoms with van der Waals surface area (Å²) in [5.41, 5.74) is 1.58. The van der Waals surface area contributed by atoms with Gasteiger partial charge in [-0.05, 0) is 29.7 Å². The minimum atomic E-state index is -5.73. The maximum Gasteiger partial charge on any atom is 0.490 e. The minimum absolute atomic E-state index is 0.202. The second-order valence-corrected chi connectivity index (χ2v) is 14.0. The van der Waals surface area contributed by atoms with Crippen LogP contribution in [0.1, 0.15) is 24.4 Å². The summed E-state index contributed by atoms with van der Waals surface area (Å²) in [6.45, 7) is 2.30. The number of benzene rings is 1. The molecule has 1 aromatic carbocycles. The Hall–Kier alpha value is -2.62. The van der Waals surface area contributed by atoms with Crippen molar-refractivity contribution in [3.05, 3.63) is 87.0 Å². The lowest BCUT2D eigenvalue weighted by molar-refractivity contribution is -0.0534. The topological polar surface area (TPSA) is 246 Å². The largest absolute Gasteiger partial charge is 0.490 e. The van der Waals surface area contributed by atoms with Crippen LogP contribution < -0.4 is 11.2 Å². The normalized spacial score (nSPS) is 23.5. The monoisotopic (exact) mass is 663 g/mol. The van der Waals surface area contributed by atoms with Crippen LogP contribution in [0, 0.1) is 12.8 Å². The predicted octanol–water partition coefficient (Wildman–Crippen LogP) is 1.67. The van der Waals surface area contributed by atoms with Gasteiger partial charge in [0.15, 0.2) is 6.23 Å². The van der Waals surface area contributed by atoms with Gasteiger partial charge in [0, 0.05) is 24.4 Å². The zero-order valence-corrected chi connectivity index (χ0v) is 25.2. The van der Waals surface area contributed by atoms with E-state index in [-0.39, 0.29) is 6.54 Å². The Morgan fingerprint density at radius 3 is 2.33 bits per heavy atom. The summed E-state index contributed by atoms with van der Waals surface area (Å²) in [4.78, 5) is 66.7. The van der Waals surface area contributed by atoms with E-state index >= 15 is 0 Å². The van der Waals surface area contributed by atoms with Crippen molar-refractivity contribution >= 4 is 23.5 Å². The number of aryl methyl sites for hydroxylation is 1. The summed E-state index contributed by atoms with van der Waals surface area (Å²) in [5.74, 6) is -0.850. The number of rotatable bonds is 11. The molecule has 6 atom stereocenters. The second kappa shape index (κ2) is 12.8. The van der Waals surface area contributed by atoms with Crippen molar-refractivity contribution in [3.63, 3.8) is 0 Å². The molecule has 20 heteroatoms. The Labute approximate surface area is 243 Å². The van der Waals surface area contributed by atoms with Gasteiger partial charge < -0.3 is 29.4 Å². The summed E-state index contributed by atoms with van der Waals surface area (Å²) in [6, 6.07) is 12.3. The van der Waals surface area contributed by atoms with Gasteiger partial charge in [-0.15, -0.1) is 0 Å². The highest BCUT2D eigenvalue weighted by Gasteiger charge is 2.45. The van der Waals surface area contributed by atoms with Crippen molar-refractivity contribution in [3.8, 4) is 11.1 Å². The molecule has 0 radical (unpaired) electrons. The molecule has 1 saturated heterocycles. The van der Waals surface area contributed by atoms with Crippen LogP contribution in [0.4, 0.5) is 0 Å². The maximum atomic E-state index is 13.4. The number of hydrogen-bond acceptors (Lipinski definition) is 11. The molecular weight excluding hydrogens is 635 g/mol. The lowest BCUT2D eigenvalue weighted by Crippen LogP contribution is -2.42. The number of pyridine rings is 1. The molecular formula is C23H28N3O14P3. The molecule has 1 fully saturated rings. The Bertz CT molecular complexity index is 1740. The molecule has 1 aliphatic rings. The third kappa shape index (κ3) is 8.31. The third-order valence-electron chi connectivity index (χ3n) is 6.48. The number of aliphatic hydroxyl groups is 1. The molecule has 0 saturated carbocycles. The smallest absolute Gasteiger partial charge is 0.388 e. The maximum absolute atomic E-state index is 13.4. The van der Waals surface area contributed by atoms with E-state index in [0.29, 0.717) is 5.69 Å². The fourth-order valence-electron chi connectivity index (χ4n) is 4.37. The first-order valence-corrected chi connectivity index (χ1v) is 16.9. The van der Waals surface area contributed by atoms with Crippen LogP contribution in [0.3, 0.4) is 0 Å². The second-order valence-electron chi connectivity index (χ2n) is 9.59. The highest BCUT2D eigenvalue weighted by molar-refractivity contribution is 7.66. The van der Waals surface area contributed by atoms with Gasteiger partial charge >= 0.3 is 29.2 Å². The Balaban J connectivity index is 1.52. The van der Waals surface area contributed by atoms with Gasteiger partial charge in [-0.25, -0.2) is 18.5 Å². The van der Waals surface area contributed by atoms with Gasteiger partial charge in [-0.3, -0.25) is 23.4 Å². The molecule has 43 heavy (non-hydrogen) atoms. The van der Waals surface area contributed by atoms with Gasteiger partial charge in [0.2, 0.25) is 0 Å². The molecule has 4 rings (SSSR count). The molecule has 3 aromatic rings. The average molecular weight is 663 g/mol. The van der Waals surface area contributed by atoms with Crippen LogP contribution in [0.25, 0.3) is 11.1 Å². The fourth-order valence-corrected chi connectivity index (χ4v) is 7.40. The standard InChI is InChI=1S/C23H28N3O14P3/c1-14-11-24-17(10-18(14)16-6-4-3-5-7-16)12-26-20(27)8-9-25(23(26)29)22-21(28)15(2)19(38-22)13-37-42(33,34)40-43(35,36)39-41(30,31)32/h3-11,15,19,21-22,28H,12-13H2,1-2H3,(H,33,34)(H,35,36)(H2,30,31,32)/t15?,19-,21?,22-/m1/s1. The van der Waals surface area contributed by atoms with E-state index in [1.165, 1.54) is 6.92 Å². The average Bonchev–Trinajstić information content (AvgIpc) is 3.18. The lowest BCUT2D eigenvalue weighted by Gasteiger charge is -2.20. The van der Waals surface area contributed by atoms with Crippen molar-refractivity contribution in [1.29, 1.82) is 0 Å². The number of aliphatic hydroxyl groups excluding tert-OH is 1. The van der Waals surface area contributed by atoms with E-state index in [2.05, 4.69) is 18.1 Å². The van der Waals surface area contributed by atoms with Crippen molar-refractivity contribution < 1.29 is 56.3 Å². The molecule has 0 bridgehead atoms. The SMILES string of the molecule is Cc1cnc(Cn2c(=O)ccn([C@@H]3O[C@H](COP(=O)(O)OP(=O)(O)OP(=O)(O)O)C(C)C3O)c2=O)cc1-c1ccccc1. The zero-order valence-electron chi connectivity index (χ0n) is 22.5. The number of hydrogen-bond donors (Lipinski definition) is 5. The van der Waals surface area contributed by atoms with Crippen LogP contribution in [-0.4, -0.2) is 57.6 Å². The van der Waals surface area contributed by atoms with E-state index in [1.54, 1.807) is 12.3 Å². The first kappa shape index (κ1) is 33.3. The predicted molar refractivity (Wildman–Crippen MR) is 147 cm³/mol. The number of phosphoric acid groups is 3. The highest BCUT2D eigenvalue weighted by Crippen LogP contribution is 2.66. The molecule has 5 N–H and O–H groups in total. The number of nitrogens with zero attached hydrogens (tertiary/aromatic N) is 3. The van der Waals surface area contributed by atoms with Crippen LogP contribution in [0.15, 0.2) is 64.4 Å². The number of phosphoric ester groups is 1. The van der Waals surface area contributed by atoms with Crippen molar-refractivity contribution in [1.82, 2.24) is 14.1 Å². The van der Waals surface area contributed by atoms with E-state index in [4.69, 9.17) is 14.5 Å². The van der Waals surface area contributed by atoms with Crippen molar-refractivity contribution in [2.24, 2.45) is 5.92 Å². The lowest BCUT2D eigenvalue weighted by atomic mass is 10.0. The molecule has 17 nitrogen and oxygen atoms in total. The van der Waals surface area contributed by atoms with E-state index in [0.717, 1.165) is 38.1 Å². The van der Waals surface area contributed by atoms with Crippen LogP contribution in [0.2, 0.25) is 0 Å². The Kier molecular flexibility index (Phi) is 9.89. The molecule has 0 spiro atoms. The van der Waals surface area contributed by atoms with Gasteiger partial charge in [0.25, 0.3) is 5.56 Å². The molecule has 0 aliphatic carbocycles. The summed E-state index contributed by atoms with van der Waals surface area (Å²) in [6.07, 6.45) is -1.22. The summed E-state index contributed by atoms with van der Waals surface area (Å²) in [7, 11) is -16.7. The van der Waals surface area contributed by atoms with Crippen molar-refractivity contribution in [2.45, 2.75) is 38.8 Å². The number of ether oxygens (including phenoxy) is 1. The van der Waals surface area contributed by atoms with Crippen LogP contribution in [0.5, 0.6) is 0 Å². The molecule has 4 unspecified atom stereocenters. The van der Waals surface area contributed by atoms with E-state index < -0.39 is 65.7 Å². The van der Waals surface area contributed by atoms with Crippen LogP contribution >= 0.6 is 23.5 Å². The Morgan fingerprint density at radius 2 is 1.67 bits per heavy atom. The fraction of sp³-hybridized carbons (Fsp3) is 0.348. The number of aromatic nitrogens is 3. The van der Waals surface area contributed by atoms with Gasteiger partial charge in [-0.2, -0.15) is 8.62 Å². The third-order valence-corrected chi connectivity index (χ3v) is 10.3. The summed E-state index contributed by atoms with van der Waals surface area (Å²) >= 11 is 0. The Morgan fingerprint density at radius 1 is 1.00 bits per heavy atom. The van der Waals surface area contributed by atoms with Gasteiger partial charge in [0.05, 0.1) is 24.9 Å². The highest BCUT2D eigenvalue weighted by atomic mass is 31.3. The minimum Gasteiger partial charge on any atom is -0.388 e. The van der Waals surface area contributed by atoms with Crippen molar-refractivity contribution in [2.75, 3.05) is 6.61 Å². The van der Waals surface area contributed by atoms with E-state index in [1.807, 2.05) is 37.3 Å². The zero-order chi connectivity index (χ0) is 31.7. The molecule has 3 heterocycles. The summed E-state index contributed by atoms with van der Waals surface area (Å²) in [5, 5.41) is 10.8. The van der Waals surface area contributed by atoms with Gasteiger partial charge in [-0.1, -0.05) is 37.3 Å². The quantitative estimate of drug-likeness (QED) is 0.183. The summed E-state index contributed by atoms with van der Waals surface area (Å²) < 4.78 is 53.9. The van der Waals surface area contributed by atoms with Crippen LogP contribution in [-0.2, 0) is 38.1 Å². The van der Waals surface area contributed by atoms with E-state index in [9.17, 15) is 38.2 Å².